The molecule has 2 heterocycles. The van der Waals surface area contributed by atoms with Gasteiger partial charge in [-0.3, -0.25) is 4.79 Å². The van der Waals surface area contributed by atoms with Gasteiger partial charge in [-0.2, -0.15) is 0 Å². The lowest BCUT2D eigenvalue weighted by Crippen LogP contribution is -2.59. The SMILES string of the molecule is C[C@@H]1CC[C@H]2CCC(=O)N3[C@@H](c4ccccc4)CO[C@]23C1. The van der Waals surface area contributed by atoms with Gasteiger partial charge >= 0.3 is 0 Å². The van der Waals surface area contributed by atoms with Gasteiger partial charge in [-0.25, -0.2) is 0 Å². The molecule has 0 N–H and O–H groups in total. The molecule has 3 aliphatic rings. The number of benzene rings is 1. The number of carbonyl (C=O) groups is 1. The van der Waals surface area contributed by atoms with E-state index < -0.39 is 0 Å². The van der Waals surface area contributed by atoms with Crippen molar-refractivity contribution in [2.24, 2.45) is 11.8 Å². The summed E-state index contributed by atoms with van der Waals surface area (Å²) in [6.45, 7) is 2.94. The molecule has 1 aromatic carbocycles. The fourth-order valence-electron chi connectivity index (χ4n) is 4.68. The molecule has 4 rings (SSSR count). The molecule has 1 aliphatic carbocycles. The quantitative estimate of drug-likeness (QED) is 0.790. The molecule has 1 aromatic rings. The van der Waals surface area contributed by atoms with Crippen LogP contribution in [0.5, 0.6) is 0 Å². The molecule has 3 nitrogen and oxygen atoms in total. The zero-order chi connectivity index (χ0) is 14.4. The maximum atomic E-state index is 12.7. The first-order chi connectivity index (χ1) is 10.2. The molecular formula is C18H23NO2. The van der Waals surface area contributed by atoms with Crippen molar-refractivity contribution in [3.05, 3.63) is 35.9 Å². The molecule has 21 heavy (non-hydrogen) atoms. The van der Waals surface area contributed by atoms with Crippen molar-refractivity contribution in [3.8, 4) is 0 Å². The third-order valence-corrected chi connectivity index (χ3v) is 5.66. The molecule has 0 bridgehead atoms. The third kappa shape index (κ3) is 1.94. The molecule has 1 spiro atoms. The minimum Gasteiger partial charge on any atom is -0.353 e. The van der Waals surface area contributed by atoms with Gasteiger partial charge in [0.05, 0.1) is 12.6 Å². The number of hydrogen-bond donors (Lipinski definition) is 0. The van der Waals surface area contributed by atoms with E-state index in [9.17, 15) is 4.79 Å². The predicted molar refractivity (Wildman–Crippen MR) is 80.5 cm³/mol. The predicted octanol–water partition coefficient (Wildman–Crippen LogP) is 3.51. The van der Waals surface area contributed by atoms with E-state index in [2.05, 4.69) is 36.1 Å². The number of hydrogen-bond acceptors (Lipinski definition) is 2. The van der Waals surface area contributed by atoms with Crippen LogP contribution < -0.4 is 0 Å². The van der Waals surface area contributed by atoms with Crippen LogP contribution in [0.25, 0.3) is 0 Å². The first-order valence-electron chi connectivity index (χ1n) is 8.22. The number of nitrogens with zero attached hydrogens (tertiary/aromatic N) is 1. The molecule has 1 amide bonds. The van der Waals surface area contributed by atoms with Gasteiger partial charge in [-0.05, 0) is 30.7 Å². The molecule has 0 aromatic heterocycles. The molecule has 3 fully saturated rings. The molecule has 4 atom stereocenters. The van der Waals surface area contributed by atoms with Gasteiger partial charge < -0.3 is 9.64 Å². The van der Waals surface area contributed by atoms with Gasteiger partial charge in [-0.1, -0.05) is 43.7 Å². The average Bonchev–Trinajstić information content (AvgIpc) is 2.88. The first-order valence-corrected chi connectivity index (χ1v) is 8.22. The second-order valence-electron chi connectivity index (χ2n) is 6.97. The van der Waals surface area contributed by atoms with Gasteiger partial charge in [0, 0.05) is 12.3 Å². The van der Waals surface area contributed by atoms with Crippen LogP contribution in [0.1, 0.15) is 50.6 Å². The van der Waals surface area contributed by atoms with E-state index in [1.807, 2.05) is 6.07 Å². The highest BCUT2D eigenvalue weighted by atomic mass is 16.5. The smallest absolute Gasteiger partial charge is 0.225 e. The van der Waals surface area contributed by atoms with E-state index in [0.29, 0.717) is 24.9 Å². The van der Waals surface area contributed by atoms with Crippen molar-refractivity contribution in [2.45, 2.75) is 50.8 Å². The lowest BCUT2D eigenvalue weighted by Gasteiger charge is -2.52. The Balaban J connectivity index is 1.73. The van der Waals surface area contributed by atoms with Crippen LogP contribution in [-0.4, -0.2) is 23.1 Å². The minimum atomic E-state index is -0.312. The maximum Gasteiger partial charge on any atom is 0.225 e. The zero-order valence-corrected chi connectivity index (χ0v) is 12.6. The van der Waals surface area contributed by atoms with Crippen LogP contribution in [0.3, 0.4) is 0 Å². The van der Waals surface area contributed by atoms with E-state index >= 15 is 0 Å². The van der Waals surface area contributed by atoms with Gasteiger partial charge in [0.2, 0.25) is 5.91 Å². The van der Waals surface area contributed by atoms with E-state index in [0.717, 1.165) is 12.8 Å². The Morgan fingerprint density at radius 3 is 2.81 bits per heavy atom. The summed E-state index contributed by atoms with van der Waals surface area (Å²) in [7, 11) is 0. The Bertz CT molecular complexity index is 543. The summed E-state index contributed by atoms with van der Waals surface area (Å²) in [6, 6.07) is 10.5. The van der Waals surface area contributed by atoms with Crippen molar-refractivity contribution < 1.29 is 9.53 Å². The Kier molecular flexibility index (Phi) is 3.07. The van der Waals surface area contributed by atoms with Crippen LogP contribution in [0, 0.1) is 11.8 Å². The van der Waals surface area contributed by atoms with E-state index in [4.69, 9.17) is 4.74 Å². The summed E-state index contributed by atoms with van der Waals surface area (Å²) in [4.78, 5) is 14.8. The first kappa shape index (κ1) is 13.3. The molecule has 0 unspecified atom stereocenters. The maximum absolute atomic E-state index is 12.7. The van der Waals surface area contributed by atoms with Crippen LogP contribution >= 0.6 is 0 Å². The Hall–Kier alpha value is -1.35. The highest BCUT2D eigenvalue weighted by molar-refractivity contribution is 5.79. The van der Waals surface area contributed by atoms with Crippen molar-refractivity contribution in [2.75, 3.05) is 6.61 Å². The van der Waals surface area contributed by atoms with E-state index in [-0.39, 0.29) is 17.7 Å². The molecule has 112 valence electrons. The lowest BCUT2D eigenvalue weighted by molar-refractivity contribution is -0.190. The lowest BCUT2D eigenvalue weighted by atomic mass is 9.71. The molecular weight excluding hydrogens is 262 g/mol. The van der Waals surface area contributed by atoms with Crippen LogP contribution in [-0.2, 0) is 9.53 Å². The second kappa shape index (κ2) is 4.84. The van der Waals surface area contributed by atoms with Crippen molar-refractivity contribution in [1.29, 1.82) is 0 Å². The fourth-order valence-corrected chi connectivity index (χ4v) is 4.68. The third-order valence-electron chi connectivity index (χ3n) is 5.66. The molecule has 2 aliphatic heterocycles. The van der Waals surface area contributed by atoms with Gasteiger partial charge in [0.15, 0.2) is 0 Å². The molecule has 0 radical (unpaired) electrons. The van der Waals surface area contributed by atoms with Gasteiger partial charge in [0.25, 0.3) is 0 Å². The topological polar surface area (TPSA) is 29.5 Å². The van der Waals surface area contributed by atoms with Crippen molar-refractivity contribution in [1.82, 2.24) is 4.90 Å². The summed E-state index contributed by atoms with van der Waals surface area (Å²) in [5, 5.41) is 0. The average molecular weight is 285 g/mol. The monoisotopic (exact) mass is 285 g/mol. The largest absolute Gasteiger partial charge is 0.353 e. The Labute approximate surface area is 126 Å². The molecule has 1 saturated carbocycles. The summed E-state index contributed by atoms with van der Waals surface area (Å²) in [6.07, 6.45) is 5.17. The standard InChI is InChI=1S/C18H23NO2/c1-13-7-8-15-9-10-17(20)19-16(12-21-18(15,19)11-13)14-5-3-2-4-6-14/h2-6,13,15-16H,7-12H2,1H3/t13-,15+,16-,18-/m1/s1. The second-order valence-corrected chi connectivity index (χ2v) is 6.97. The Morgan fingerprint density at radius 2 is 2.00 bits per heavy atom. The normalized spacial score (nSPS) is 39.0. The highest BCUT2D eigenvalue weighted by Crippen LogP contribution is 2.53. The number of ether oxygens (including phenoxy) is 1. The van der Waals surface area contributed by atoms with Crippen molar-refractivity contribution in [3.63, 3.8) is 0 Å². The Morgan fingerprint density at radius 1 is 1.19 bits per heavy atom. The van der Waals surface area contributed by atoms with E-state index in [1.54, 1.807) is 0 Å². The number of piperidine rings is 1. The number of carbonyl (C=O) groups excluding carboxylic acids is 1. The number of amides is 1. The molecule has 3 heteroatoms. The van der Waals surface area contributed by atoms with Crippen LogP contribution in [0.2, 0.25) is 0 Å². The molecule has 2 saturated heterocycles. The fraction of sp³-hybridized carbons (Fsp3) is 0.611. The van der Waals surface area contributed by atoms with Gasteiger partial charge in [0.1, 0.15) is 5.72 Å². The number of rotatable bonds is 1. The van der Waals surface area contributed by atoms with Crippen LogP contribution in [0.4, 0.5) is 0 Å². The van der Waals surface area contributed by atoms with E-state index in [1.165, 1.54) is 18.4 Å². The van der Waals surface area contributed by atoms with Crippen molar-refractivity contribution >= 4 is 5.91 Å². The summed E-state index contributed by atoms with van der Waals surface area (Å²) >= 11 is 0. The summed E-state index contributed by atoms with van der Waals surface area (Å²) in [5.41, 5.74) is 0.898. The summed E-state index contributed by atoms with van der Waals surface area (Å²) in [5.74, 6) is 1.45. The summed E-state index contributed by atoms with van der Waals surface area (Å²) < 4.78 is 6.36. The zero-order valence-electron chi connectivity index (χ0n) is 12.6. The van der Waals surface area contributed by atoms with Gasteiger partial charge in [-0.15, -0.1) is 0 Å². The van der Waals surface area contributed by atoms with Crippen LogP contribution in [0.15, 0.2) is 30.3 Å². The highest BCUT2D eigenvalue weighted by Gasteiger charge is 2.58. The minimum absolute atomic E-state index is 0.104.